The summed E-state index contributed by atoms with van der Waals surface area (Å²) in [4.78, 5) is 12.1. The second-order valence-corrected chi connectivity index (χ2v) is 4.44. The molecule has 1 aliphatic heterocycles. The molecule has 1 aromatic rings. The number of hydrogen-bond donors (Lipinski definition) is 0. The average Bonchev–Trinajstić information content (AvgIpc) is 2.43. The van der Waals surface area contributed by atoms with Crippen molar-refractivity contribution in [1.82, 2.24) is 0 Å². The van der Waals surface area contributed by atoms with Gasteiger partial charge in [-0.05, 0) is 38.3 Å². The van der Waals surface area contributed by atoms with Crippen molar-refractivity contribution < 1.29 is 4.79 Å². The van der Waals surface area contributed by atoms with Crippen LogP contribution in [0.25, 0.3) is 0 Å². The van der Waals surface area contributed by atoms with E-state index in [1.165, 1.54) is 0 Å². The van der Waals surface area contributed by atoms with Crippen LogP contribution in [0, 0.1) is 0 Å². The van der Waals surface area contributed by atoms with E-state index in [-0.39, 0.29) is 5.91 Å². The lowest BCUT2D eigenvalue weighted by atomic mass is 10.1. The number of benzene rings is 1. The number of para-hydroxylation sites is 1. The molecule has 0 saturated carbocycles. The molecule has 0 radical (unpaired) electrons. The lowest BCUT2D eigenvalue weighted by Crippen LogP contribution is -2.25. The van der Waals surface area contributed by atoms with E-state index >= 15 is 0 Å². The second kappa shape index (κ2) is 5.62. The van der Waals surface area contributed by atoms with Gasteiger partial charge >= 0.3 is 0 Å². The molecule has 0 spiro atoms. The van der Waals surface area contributed by atoms with E-state index < -0.39 is 0 Å². The van der Waals surface area contributed by atoms with E-state index in [1.54, 1.807) is 5.01 Å². The normalized spacial score (nSPS) is 21.1. The minimum absolute atomic E-state index is 0.0949. The molecule has 0 atom stereocenters. The predicted octanol–water partition coefficient (Wildman–Crippen LogP) is 3.36. The first-order chi connectivity index (χ1) is 8.27. The highest BCUT2D eigenvalue weighted by Crippen LogP contribution is 2.18. The van der Waals surface area contributed by atoms with E-state index in [9.17, 15) is 4.79 Å². The molecule has 1 amide bonds. The van der Waals surface area contributed by atoms with Gasteiger partial charge in [-0.1, -0.05) is 24.6 Å². The first-order valence-corrected chi connectivity index (χ1v) is 6.19. The van der Waals surface area contributed by atoms with Gasteiger partial charge in [-0.3, -0.25) is 4.79 Å². The van der Waals surface area contributed by atoms with Gasteiger partial charge in [0.2, 0.25) is 5.91 Å². The molecule has 0 fully saturated rings. The Labute approximate surface area is 102 Å². The summed E-state index contributed by atoms with van der Waals surface area (Å²) in [5, 5.41) is 6.00. The van der Waals surface area contributed by atoms with Crippen LogP contribution in [0.2, 0.25) is 0 Å². The van der Waals surface area contributed by atoms with Crippen LogP contribution in [0.5, 0.6) is 0 Å². The number of hydrazone groups is 1. The second-order valence-electron chi connectivity index (χ2n) is 4.44. The van der Waals surface area contributed by atoms with Crippen molar-refractivity contribution in [2.45, 2.75) is 39.0 Å². The number of nitrogens with zero attached hydrogens (tertiary/aromatic N) is 2. The molecular formula is C14H18N2O. The number of carbonyl (C=O) groups excluding carboxylic acids is 1. The number of amides is 1. The Kier molecular flexibility index (Phi) is 3.91. The maximum atomic E-state index is 12.1. The van der Waals surface area contributed by atoms with Crippen LogP contribution < -0.4 is 5.01 Å². The highest BCUT2D eigenvalue weighted by molar-refractivity contribution is 5.96. The number of hydrogen-bond acceptors (Lipinski definition) is 2. The third-order valence-electron chi connectivity index (χ3n) is 2.94. The molecule has 0 aromatic heterocycles. The molecule has 3 heteroatoms. The van der Waals surface area contributed by atoms with Crippen molar-refractivity contribution in [1.29, 1.82) is 0 Å². The minimum atomic E-state index is 0.0949. The Morgan fingerprint density at radius 2 is 1.76 bits per heavy atom. The summed E-state index contributed by atoms with van der Waals surface area (Å²) in [5.41, 5.74) is 1.89. The fourth-order valence-corrected chi connectivity index (χ4v) is 1.99. The van der Waals surface area contributed by atoms with E-state index in [0.717, 1.165) is 37.1 Å². The zero-order valence-electron chi connectivity index (χ0n) is 10.2. The zero-order chi connectivity index (χ0) is 12.1. The quantitative estimate of drug-likeness (QED) is 0.728. The number of carbonyl (C=O) groups is 1. The number of anilines is 1. The Hall–Kier alpha value is -1.64. The first-order valence-electron chi connectivity index (χ1n) is 6.19. The van der Waals surface area contributed by atoms with Gasteiger partial charge < -0.3 is 0 Å². The maximum absolute atomic E-state index is 12.1. The Balaban J connectivity index is 2.29. The van der Waals surface area contributed by atoms with Crippen LogP contribution in [-0.2, 0) is 4.79 Å². The molecule has 1 aromatic carbocycles. The summed E-state index contributed by atoms with van der Waals surface area (Å²) >= 11 is 0. The van der Waals surface area contributed by atoms with Crippen LogP contribution in [0.4, 0.5) is 5.69 Å². The first kappa shape index (κ1) is 11.8. The molecule has 0 saturated heterocycles. The van der Waals surface area contributed by atoms with E-state index in [4.69, 9.17) is 0 Å². The summed E-state index contributed by atoms with van der Waals surface area (Å²) in [6, 6.07) is 9.65. The zero-order valence-corrected chi connectivity index (χ0v) is 10.2. The fraction of sp³-hybridized carbons (Fsp3) is 0.429. The summed E-state index contributed by atoms with van der Waals surface area (Å²) in [7, 11) is 0. The molecule has 0 aliphatic carbocycles. The van der Waals surface area contributed by atoms with Crippen molar-refractivity contribution in [2.24, 2.45) is 5.10 Å². The van der Waals surface area contributed by atoms with Crippen molar-refractivity contribution in [3.8, 4) is 0 Å². The van der Waals surface area contributed by atoms with Gasteiger partial charge in [0.05, 0.1) is 5.69 Å². The maximum Gasteiger partial charge on any atom is 0.247 e. The minimum Gasteiger partial charge on any atom is -0.273 e. The molecule has 1 aliphatic rings. The Bertz CT molecular complexity index is 411. The summed E-state index contributed by atoms with van der Waals surface area (Å²) in [6.07, 6.45) is 4.78. The third kappa shape index (κ3) is 3.16. The van der Waals surface area contributed by atoms with Gasteiger partial charge in [0, 0.05) is 12.1 Å². The highest BCUT2D eigenvalue weighted by Gasteiger charge is 2.16. The van der Waals surface area contributed by atoms with Gasteiger partial charge in [-0.25, -0.2) is 5.01 Å². The van der Waals surface area contributed by atoms with E-state index in [2.05, 4.69) is 5.10 Å². The van der Waals surface area contributed by atoms with Gasteiger partial charge in [0.25, 0.3) is 0 Å². The molecule has 0 bridgehead atoms. The van der Waals surface area contributed by atoms with Crippen molar-refractivity contribution >= 4 is 17.3 Å². The highest BCUT2D eigenvalue weighted by atomic mass is 16.2. The molecule has 0 unspecified atom stereocenters. The molecule has 90 valence electrons. The molecule has 17 heavy (non-hydrogen) atoms. The third-order valence-corrected chi connectivity index (χ3v) is 2.94. The van der Waals surface area contributed by atoms with Crippen LogP contribution in [0.15, 0.2) is 35.4 Å². The summed E-state index contributed by atoms with van der Waals surface area (Å²) in [6.45, 7) is 1.99. The topological polar surface area (TPSA) is 32.7 Å². The SMILES string of the molecule is C/C1=N/N(c2ccccc2)C(=O)CCCCC1. The van der Waals surface area contributed by atoms with Gasteiger partial charge in [-0.15, -0.1) is 0 Å². The summed E-state index contributed by atoms with van der Waals surface area (Å²) < 4.78 is 0. The smallest absolute Gasteiger partial charge is 0.247 e. The lowest BCUT2D eigenvalue weighted by molar-refractivity contribution is -0.118. The van der Waals surface area contributed by atoms with Crippen LogP contribution in [0.1, 0.15) is 39.0 Å². The van der Waals surface area contributed by atoms with Gasteiger partial charge in [0.15, 0.2) is 0 Å². The molecule has 0 N–H and O–H groups in total. The molecule has 2 rings (SSSR count). The van der Waals surface area contributed by atoms with Crippen LogP contribution >= 0.6 is 0 Å². The summed E-state index contributed by atoms with van der Waals surface area (Å²) in [5.74, 6) is 0.0949. The van der Waals surface area contributed by atoms with E-state index in [1.807, 2.05) is 37.3 Å². The van der Waals surface area contributed by atoms with Crippen LogP contribution in [-0.4, -0.2) is 11.6 Å². The Morgan fingerprint density at radius 3 is 2.53 bits per heavy atom. The number of rotatable bonds is 1. The van der Waals surface area contributed by atoms with Crippen molar-refractivity contribution in [3.05, 3.63) is 30.3 Å². The van der Waals surface area contributed by atoms with Crippen molar-refractivity contribution in [3.63, 3.8) is 0 Å². The monoisotopic (exact) mass is 230 g/mol. The standard InChI is InChI=1S/C14H18N2O/c1-12-8-4-2-7-11-14(17)16(15-12)13-9-5-3-6-10-13/h3,5-6,9-10H,2,4,7-8,11H2,1H3/b15-12-. The van der Waals surface area contributed by atoms with Crippen LogP contribution in [0.3, 0.4) is 0 Å². The largest absolute Gasteiger partial charge is 0.273 e. The fourth-order valence-electron chi connectivity index (χ4n) is 1.99. The predicted molar refractivity (Wildman–Crippen MR) is 70.1 cm³/mol. The van der Waals surface area contributed by atoms with Gasteiger partial charge in [-0.2, -0.15) is 5.10 Å². The molecule has 1 heterocycles. The molecule has 3 nitrogen and oxygen atoms in total. The van der Waals surface area contributed by atoms with Crippen molar-refractivity contribution in [2.75, 3.05) is 5.01 Å². The lowest BCUT2D eigenvalue weighted by Gasteiger charge is -2.17. The molecular weight excluding hydrogens is 212 g/mol. The van der Waals surface area contributed by atoms with Gasteiger partial charge in [0.1, 0.15) is 0 Å². The van der Waals surface area contributed by atoms with E-state index in [0.29, 0.717) is 6.42 Å². The average molecular weight is 230 g/mol. The Morgan fingerprint density at radius 1 is 1.06 bits per heavy atom.